The van der Waals surface area contributed by atoms with Gasteiger partial charge in [-0.1, -0.05) is 109 Å². The van der Waals surface area contributed by atoms with Gasteiger partial charge >= 0.3 is 0 Å². The van der Waals surface area contributed by atoms with Crippen molar-refractivity contribution in [2.75, 3.05) is 4.90 Å². The Morgan fingerprint density at radius 3 is 2.12 bits per heavy atom. The van der Waals surface area contributed by atoms with Crippen molar-refractivity contribution in [3.05, 3.63) is 152 Å². The number of benzene rings is 7. The van der Waals surface area contributed by atoms with Gasteiger partial charge < -0.3 is 9.32 Å². The number of hydrogen-bond acceptors (Lipinski definition) is 3. The second-order valence-electron chi connectivity index (χ2n) is 10.9. The van der Waals surface area contributed by atoms with Crippen LogP contribution in [0.4, 0.5) is 17.1 Å². The van der Waals surface area contributed by atoms with Crippen LogP contribution in [0.1, 0.15) is 0 Å². The van der Waals surface area contributed by atoms with E-state index in [2.05, 4.69) is 144 Å². The summed E-state index contributed by atoms with van der Waals surface area (Å²) in [7, 11) is 0. The van der Waals surface area contributed by atoms with E-state index in [1.54, 1.807) is 0 Å². The summed E-state index contributed by atoms with van der Waals surface area (Å²) in [6.45, 7) is 0. The summed E-state index contributed by atoms with van der Waals surface area (Å²) in [5.74, 6) is 0. The second-order valence-corrected chi connectivity index (χ2v) is 12.0. The van der Waals surface area contributed by atoms with Gasteiger partial charge in [0, 0.05) is 53.6 Å². The molecule has 0 fully saturated rings. The van der Waals surface area contributed by atoms with Gasteiger partial charge in [-0.15, -0.1) is 11.3 Å². The first-order valence-corrected chi connectivity index (χ1v) is 15.3. The predicted molar refractivity (Wildman–Crippen MR) is 184 cm³/mol. The molecule has 2 aromatic heterocycles. The number of thiophene rings is 1. The maximum Gasteiger partial charge on any atom is 0.143 e. The Morgan fingerprint density at radius 2 is 1.19 bits per heavy atom. The molecule has 2 heterocycles. The van der Waals surface area contributed by atoms with Crippen LogP contribution in [-0.2, 0) is 0 Å². The number of para-hydroxylation sites is 3. The van der Waals surface area contributed by atoms with Crippen LogP contribution >= 0.6 is 11.3 Å². The van der Waals surface area contributed by atoms with Gasteiger partial charge in [-0.05, 0) is 58.8 Å². The highest BCUT2D eigenvalue weighted by Gasteiger charge is 2.17. The van der Waals surface area contributed by atoms with Crippen molar-refractivity contribution in [1.29, 1.82) is 0 Å². The van der Waals surface area contributed by atoms with Gasteiger partial charge in [0.1, 0.15) is 11.2 Å². The smallest absolute Gasteiger partial charge is 0.143 e. The van der Waals surface area contributed by atoms with Crippen molar-refractivity contribution in [1.82, 2.24) is 0 Å². The van der Waals surface area contributed by atoms with Gasteiger partial charge in [-0.3, -0.25) is 0 Å². The van der Waals surface area contributed by atoms with Crippen LogP contribution in [0.25, 0.3) is 64.0 Å². The van der Waals surface area contributed by atoms with Gasteiger partial charge in [0.25, 0.3) is 0 Å². The molecule has 0 spiro atoms. The van der Waals surface area contributed by atoms with Crippen LogP contribution in [0.5, 0.6) is 0 Å². The minimum atomic E-state index is 0.913. The fourth-order valence-electron chi connectivity index (χ4n) is 6.44. The zero-order valence-electron chi connectivity index (χ0n) is 23.2. The molecule has 9 rings (SSSR count). The fraction of sp³-hybridized carbons (Fsp3) is 0. The summed E-state index contributed by atoms with van der Waals surface area (Å²) in [5.41, 5.74) is 7.40. The Hall–Kier alpha value is -5.38. The number of rotatable bonds is 4. The van der Waals surface area contributed by atoms with E-state index in [1.807, 2.05) is 23.5 Å². The molecule has 7 aromatic carbocycles. The van der Waals surface area contributed by atoms with Gasteiger partial charge in [-0.25, -0.2) is 0 Å². The zero-order valence-corrected chi connectivity index (χ0v) is 24.0. The first-order valence-electron chi connectivity index (χ1n) is 14.5. The van der Waals surface area contributed by atoms with Gasteiger partial charge in [-0.2, -0.15) is 0 Å². The van der Waals surface area contributed by atoms with Crippen LogP contribution in [0, 0.1) is 0 Å². The Labute approximate surface area is 252 Å². The molecule has 0 aliphatic carbocycles. The SMILES string of the molecule is c1ccc(N(c2cccc(-c3cccc4c3oc3ccccc34)c2)c2ccc3c(c2)sc2c4ccccc4ccc32)cc1. The third-order valence-electron chi connectivity index (χ3n) is 8.44. The van der Waals surface area contributed by atoms with Crippen molar-refractivity contribution < 1.29 is 4.42 Å². The van der Waals surface area contributed by atoms with E-state index >= 15 is 0 Å². The molecule has 0 saturated carbocycles. The molecule has 0 bridgehead atoms. The van der Waals surface area contributed by atoms with Gasteiger partial charge in [0.05, 0.1) is 0 Å². The standard InChI is InChI=1S/C40H25NOS/c1-2-12-28(13-3-1)41(30-21-23-34-36-22-20-26-10-4-5-15-32(26)40(36)43-38(34)25-30)29-14-8-11-27(24-29)31-17-9-18-35-33-16-6-7-19-37(33)42-39(31)35/h1-25H. The minimum absolute atomic E-state index is 0.913. The largest absolute Gasteiger partial charge is 0.455 e. The average molecular weight is 568 g/mol. The van der Waals surface area contributed by atoms with E-state index in [1.165, 1.54) is 30.9 Å². The summed E-state index contributed by atoms with van der Waals surface area (Å²) in [4.78, 5) is 2.35. The lowest BCUT2D eigenvalue weighted by atomic mass is 10.0. The molecule has 0 amide bonds. The highest BCUT2D eigenvalue weighted by molar-refractivity contribution is 7.26. The van der Waals surface area contributed by atoms with E-state index in [0.717, 1.165) is 50.1 Å². The van der Waals surface area contributed by atoms with Crippen LogP contribution in [-0.4, -0.2) is 0 Å². The van der Waals surface area contributed by atoms with E-state index in [9.17, 15) is 0 Å². The number of furan rings is 1. The molecule has 0 atom stereocenters. The third-order valence-corrected chi connectivity index (χ3v) is 9.64. The Bertz CT molecular complexity index is 2470. The molecule has 43 heavy (non-hydrogen) atoms. The summed E-state index contributed by atoms with van der Waals surface area (Å²) in [6.07, 6.45) is 0. The van der Waals surface area contributed by atoms with Crippen LogP contribution in [0.3, 0.4) is 0 Å². The predicted octanol–water partition coefficient (Wildman–Crippen LogP) is 12.2. The third kappa shape index (κ3) is 3.86. The van der Waals surface area contributed by atoms with Crippen molar-refractivity contribution in [3.8, 4) is 11.1 Å². The van der Waals surface area contributed by atoms with Crippen LogP contribution < -0.4 is 4.90 Å². The van der Waals surface area contributed by atoms with E-state index < -0.39 is 0 Å². The maximum absolute atomic E-state index is 6.40. The van der Waals surface area contributed by atoms with Crippen LogP contribution in [0.15, 0.2) is 156 Å². The molecule has 3 heteroatoms. The van der Waals surface area contributed by atoms with E-state index in [-0.39, 0.29) is 0 Å². The molecular weight excluding hydrogens is 543 g/mol. The van der Waals surface area contributed by atoms with E-state index in [4.69, 9.17) is 4.42 Å². The lowest BCUT2D eigenvalue weighted by Gasteiger charge is -2.26. The summed E-state index contributed by atoms with van der Waals surface area (Å²) in [6, 6.07) is 54.2. The molecule has 0 saturated heterocycles. The minimum Gasteiger partial charge on any atom is -0.455 e. The topological polar surface area (TPSA) is 16.4 Å². The molecule has 9 aromatic rings. The Balaban J connectivity index is 1.22. The normalized spacial score (nSPS) is 11.7. The maximum atomic E-state index is 6.40. The molecule has 0 radical (unpaired) electrons. The van der Waals surface area contributed by atoms with Crippen LogP contribution in [0.2, 0.25) is 0 Å². The zero-order chi connectivity index (χ0) is 28.3. The molecular formula is C40H25NOS. The first-order chi connectivity index (χ1) is 21.3. The number of anilines is 3. The summed E-state index contributed by atoms with van der Waals surface area (Å²) < 4.78 is 9.03. The lowest BCUT2D eigenvalue weighted by Crippen LogP contribution is -2.09. The summed E-state index contributed by atoms with van der Waals surface area (Å²) >= 11 is 1.88. The van der Waals surface area contributed by atoms with Crippen molar-refractivity contribution in [3.63, 3.8) is 0 Å². The number of nitrogens with zero attached hydrogens (tertiary/aromatic N) is 1. The second kappa shape index (κ2) is 9.59. The van der Waals surface area contributed by atoms with Crippen molar-refractivity contribution >= 4 is 81.3 Å². The quantitative estimate of drug-likeness (QED) is 0.210. The highest BCUT2D eigenvalue weighted by Crippen LogP contribution is 2.43. The Kier molecular flexibility index (Phi) is 5.40. The Morgan fingerprint density at radius 1 is 0.465 bits per heavy atom. The van der Waals surface area contributed by atoms with Gasteiger partial charge in [0.2, 0.25) is 0 Å². The van der Waals surface area contributed by atoms with E-state index in [0.29, 0.717) is 0 Å². The molecule has 0 aliphatic heterocycles. The van der Waals surface area contributed by atoms with Crippen molar-refractivity contribution in [2.24, 2.45) is 0 Å². The lowest BCUT2D eigenvalue weighted by molar-refractivity contribution is 0.670. The fourth-order valence-corrected chi connectivity index (χ4v) is 7.71. The highest BCUT2D eigenvalue weighted by atomic mass is 32.1. The number of fused-ring (bicyclic) bond motifs is 8. The molecule has 0 N–H and O–H groups in total. The number of hydrogen-bond donors (Lipinski definition) is 0. The molecule has 0 aliphatic rings. The first kappa shape index (κ1) is 24.2. The average Bonchev–Trinajstić information content (AvgIpc) is 3.64. The van der Waals surface area contributed by atoms with Gasteiger partial charge in [0.15, 0.2) is 0 Å². The molecule has 0 unspecified atom stereocenters. The van der Waals surface area contributed by atoms with Crippen molar-refractivity contribution in [2.45, 2.75) is 0 Å². The molecule has 202 valence electrons. The molecule has 2 nitrogen and oxygen atoms in total. The summed E-state index contributed by atoms with van der Waals surface area (Å²) in [5, 5.41) is 7.50. The monoisotopic (exact) mass is 567 g/mol.